The molecule has 2 aliphatic heterocycles. The van der Waals surface area contributed by atoms with Crippen LogP contribution < -0.4 is 0 Å². The average molecular weight is 173 g/mol. The molecule has 0 saturated carbocycles. The third-order valence-corrected chi connectivity index (χ3v) is 1.92. The molecular formula is C7H11NO4. The van der Waals surface area contributed by atoms with Crippen molar-refractivity contribution in [1.29, 1.82) is 0 Å². The minimum absolute atomic E-state index is 0.125. The summed E-state index contributed by atoms with van der Waals surface area (Å²) in [6, 6.07) is 0. The lowest BCUT2D eigenvalue weighted by atomic mass is 10.4. The summed E-state index contributed by atoms with van der Waals surface area (Å²) in [5, 5.41) is 8.74. The number of ether oxygens (including phenoxy) is 2. The van der Waals surface area contributed by atoms with Crippen LogP contribution in [0.4, 0.5) is 4.79 Å². The van der Waals surface area contributed by atoms with Gasteiger partial charge in [0.25, 0.3) is 0 Å². The molecule has 0 aromatic carbocycles. The summed E-state index contributed by atoms with van der Waals surface area (Å²) >= 11 is 0. The normalized spacial score (nSPS) is 31.3. The summed E-state index contributed by atoms with van der Waals surface area (Å²) in [7, 11) is 0. The van der Waals surface area contributed by atoms with E-state index in [0.29, 0.717) is 26.3 Å². The van der Waals surface area contributed by atoms with E-state index in [1.54, 1.807) is 0 Å². The average Bonchev–Trinajstić information content (AvgIpc) is 2.78. The molecular weight excluding hydrogens is 162 g/mol. The molecule has 2 saturated heterocycles. The van der Waals surface area contributed by atoms with Gasteiger partial charge >= 0.3 is 6.09 Å². The lowest BCUT2D eigenvalue weighted by Crippen LogP contribution is -2.36. The van der Waals surface area contributed by atoms with E-state index in [1.165, 1.54) is 4.90 Å². The Morgan fingerprint density at radius 1 is 1.33 bits per heavy atom. The highest BCUT2D eigenvalue weighted by Crippen LogP contribution is 2.15. The van der Waals surface area contributed by atoms with E-state index >= 15 is 0 Å². The van der Waals surface area contributed by atoms with E-state index in [1.807, 2.05) is 0 Å². The van der Waals surface area contributed by atoms with Crippen molar-refractivity contribution in [2.75, 3.05) is 26.3 Å². The first-order chi connectivity index (χ1) is 5.75. The molecule has 2 fully saturated rings. The van der Waals surface area contributed by atoms with E-state index in [2.05, 4.69) is 0 Å². The fourth-order valence-corrected chi connectivity index (χ4v) is 1.07. The second-order valence-electron chi connectivity index (χ2n) is 3.10. The third kappa shape index (κ3) is 2.09. The maximum atomic E-state index is 10.6. The van der Waals surface area contributed by atoms with Crippen LogP contribution >= 0.6 is 0 Å². The van der Waals surface area contributed by atoms with Gasteiger partial charge in [-0.05, 0) is 0 Å². The fraction of sp³-hybridized carbons (Fsp3) is 0.857. The van der Waals surface area contributed by atoms with Crippen molar-refractivity contribution in [2.45, 2.75) is 12.2 Å². The highest BCUT2D eigenvalue weighted by Gasteiger charge is 2.32. The molecule has 68 valence electrons. The summed E-state index contributed by atoms with van der Waals surface area (Å²) in [5.74, 6) is 0. The molecule has 0 aromatic rings. The number of amides is 1. The van der Waals surface area contributed by atoms with Crippen LogP contribution in [0.3, 0.4) is 0 Å². The molecule has 2 heterocycles. The molecule has 2 aliphatic rings. The second-order valence-corrected chi connectivity index (χ2v) is 3.10. The van der Waals surface area contributed by atoms with Gasteiger partial charge in [0.05, 0.1) is 38.5 Å². The van der Waals surface area contributed by atoms with Crippen molar-refractivity contribution in [2.24, 2.45) is 0 Å². The van der Waals surface area contributed by atoms with Gasteiger partial charge in [0.1, 0.15) is 0 Å². The molecule has 0 spiro atoms. The summed E-state index contributed by atoms with van der Waals surface area (Å²) in [5.41, 5.74) is 0. The molecule has 5 heteroatoms. The number of nitrogens with zero attached hydrogens (tertiary/aromatic N) is 1. The lowest BCUT2D eigenvalue weighted by Gasteiger charge is -2.16. The summed E-state index contributed by atoms with van der Waals surface area (Å²) < 4.78 is 9.89. The second kappa shape index (κ2) is 2.91. The molecule has 0 radical (unpaired) electrons. The van der Waals surface area contributed by atoms with E-state index < -0.39 is 6.09 Å². The largest absolute Gasteiger partial charge is 0.465 e. The SMILES string of the molecule is O=C(O)N(CC1CO1)CC1CO1. The van der Waals surface area contributed by atoms with Gasteiger partial charge in [0.2, 0.25) is 0 Å². The number of carboxylic acid groups (broad SMARTS) is 1. The Bertz CT molecular complexity index is 174. The van der Waals surface area contributed by atoms with E-state index in [9.17, 15) is 4.79 Å². The first-order valence-electron chi connectivity index (χ1n) is 3.97. The van der Waals surface area contributed by atoms with Gasteiger partial charge in [0, 0.05) is 0 Å². The quantitative estimate of drug-likeness (QED) is 0.596. The fourth-order valence-electron chi connectivity index (χ4n) is 1.07. The predicted molar refractivity (Wildman–Crippen MR) is 39.1 cm³/mol. The monoisotopic (exact) mass is 173 g/mol. The van der Waals surface area contributed by atoms with Gasteiger partial charge in [-0.3, -0.25) is 0 Å². The predicted octanol–water partition coefficient (Wildman–Crippen LogP) is -0.236. The minimum Gasteiger partial charge on any atom is -0.465 e. The molecule has 1 amide bonds. The van der Waals surface area contributed by atoms with Gasteiger partial charge in [-0.2, -0.15) is 0 Å². The smallest absolute Gasteiger partial charge is 0.407 e. The van der Waals surface area contributed by atoms with E-state index in [0.717, 1.165) is 0 Å². The van der Waals surface area contributed by atoms with Gasteiger partial charge in [-0.1, -0.05) is 0 Å². The zero-order chi connectivity index (χ0) is 8.55. The van der Waals surface area contributed by atoms with E-state index in [-0.39, 0.29) is 12.2 Å². The standard InChI is InChI=1S/C7H11NO4/c9-7(10)8(1-5-3-11-5)2-6-4-12-6/h5-6H,1-4H2,(H,9,10). The number of hydrogen-bond acceptors (Lipinski definition) is 3. The Balaban J connectivity index is 1.77. The van der Waals surface area contributed by atoms with Crippen molar-refractivity contribution >= 4 is 6.09 Å². The van der Waals surface area contributed by atoms with Crippen LogP contribution in [0.1, 0.15) is 0 Å². The van der Waals surface area contributed by atoms with Crippen molar-refractivity contribution in [3.8, 4) is 0 Å². The van der Waals surface area contributed by atoms with Crippen LogP contribution in [0.5, 0.6) is 0 Å². The molecule has 2 rings (SSSR count). The molecule has 1 N–H and O–H groups in total. The molecule has 0 bridgehead atoms. The van der Waals surface area contributed by atoms with Gasteiger partial charge in [-0.15, -0.1) is 0 Å². The number of rotatable bonds is 4. The van der Waals surface area contributed by atoms with Crippen LogP contribution in [-0.4, -0.2) is 54.6 Å². The van der Waals surface area contributed by atoms with Crippen LogP contribution in [0.25, 0.3) is 0 Å². The molecule has 0 aromatic heterocycles. The minimum atomic E-state index is -0.888. The number of carbonyl (C=O) groups is 1. The van der Waals surface area contributed by atoms with Crippen molar-refractivity contribution in [3.63, 3.8) is 0 Å². The summed E-state index contributed by atoms with van der Waals surface area (Å²) in [4.78, 5) is 12.0. The summed E-state index contributed by atoms with van der Waals surface area (Å²) in [6.45, 7) is 2.34. The Kier molecular flexibility index (Phi) is 1.90. The lowest BCUT2D eigenvalue weighted by molar-refractivity contribution is 0.136. The Labute approximate surface area is 69.9 Å². The van der Waals surface area contributed by atoms with Crippen molar-refractivity contribution < 1.29 is 19.4 Å². The third-order valence-electron chi connectivity index (χ3n) is 1.92. The molecule has 2 unspecified atom stereocenters. The first-order valence-corrected chi connectivity index (χ1v) is 3.97. The first kappa shape index (κ1) is 7.82. The Morgan fingerprint density at radius 3 is 2.00 bits per heavy atom. The van der Waals surface area contributed by atoms with E-state index in [4.69, 9.17) is 14.6 Å². The van der Waals surface area contributed by atoms with Crippen molar-refractivity contribution in [3.05, 3.63) is 0 Å². The molecule has 0 aliphatic carbocycles. The van der Waals surface area contributed by atoms with Crippen LogP contribution in [-0.2, 0) is 9.47 Å². The Morgan fingerprint density at radius 2 is 1.75 bits per heavy atom. The van der Waals surface area contributed by atoms with Crippen LogP contribution in [0.15, 0.2) is 0 Å². The summed E-state index contributed by atoms with van der Waals surface area (Å²) in [6.07, 6.45) is -0.638. The zero-order valence-electron chi connectivity index (χ0n) is 6.60. The Hall–Kier alpha value is -0.810. The van der Waals surface area contributed by atoms with Crippen molar-refractivity contribution in [1.82, 2.24) is 4.90 Å². The van der Waals surface area contributed by atoms with Gasteiger partial charge < -0.3 is 19.5 Å². The van der Waals surface area contributed by atoms with Crippen LogP contribution in [0, 0.1) is 0 Å². The maximum Gasteiger partial charge on any atom is 0.407 e. The molecule has 5 nitrogen and oxygen atoms in total. The zero-order valence-corrected chi connectivity index (χ0v) is 6.60. The molecule has 12 heavy (non-hydrogen) atoms. The van der Waals surface area contributed by atoms with Crippen LogP contribution in [0.2, 0.25) is 0 Å². The maximum absolute atomic E-state index is 10.6. The highest BCUT2D eigenvalue weighted by atomic mass is 16.6. The number of epoxide rings is 2. The molecule has 2 atom stereocenters. The highest BCUT2D eigenvalue weighted by molar-refractivity contribution is 5.65. The van der Waals surface area contributed by atoms with Gasteiger partial charge in [0.15, 0.2) is 0 Å². The number of hydrogen-bond donors (Lipinski definition) is 1. The topological polar surface area (TPSA) is 65.6 Å². The van der Waals surface area contributed by atoms with Gasteiger partial charge in [-0.25, -0.2) is 4.79 Å².